The normalized spacial score (nSPS) is 11.8. The summed E-state index contributed by atoms with van der Waals surface area (Å²) >= 11 is 1.56. The average molecular weight is 231 g/mol. The van der Waals surface area contributed by atoms with E-state index in [2.05, 4.69) is 11.9 Å². The van der Waals surface area contributed by atoms with Crippen LogP contribution < -0.4 is 5.32 Å². The average Bonchev–Trinajstić information content (AvgIpc) is 2.20. The van der Waals surface area contributed by atoms with E-state index in [4.69, 9.17) is 5.11 Å². The third-order valence-electron chi connectivity index (χ3n) is 1.82. The van der Waals surface area contributed by atoms with E-state index in [1.807, 2.05) is 6.26 Å². The van der Waals surface area contributed by atoms with Gasteiger partial charge in [-0.2, -0.15) is 11.8 Å². The van der Waals surface area contributed by atoms with Gasteiger partial charge in [-0.15, -0.1) is 6.58 Å². The molecule has 0 aromatic rings. The van der Waals surface area contributed by atoms with Crippen molar-refractivity contribution in [2.24, 2.45) is 0 Å². The highest BCUT2D eigenvalue weighted by Crippen LogP contribution is 2.02. The van der Waals surface area contributed by atoms with Crippen molar-refractivity contribution in [3.8, 4) is 0 Å². The second kappa shape index (κ2) is 8.35. The molecule has 4 nitrogen and oxygen atoms in total. The summed E-state index contributed by atoms with van der Waals surface area (Å²) in [6.45, 7) is 3.50. The number of thioether (sulfide) groups is 1. The van der Waals surface area contributed by atoms with Gasteiger partial charge in [-0.25, -0.2) is 4.79 Å². The fraction of sp³-hybridized carbons (Fsp3) is 0.600. The van der Waals surface area contributed by atoms with E-state index in [-0.39, 0.29) is 5.91 Å². The number of hydrogen-bond acceptors (Lipinski definition) is 3. The number of rotatable bonds is 8. The zero-order valence-electron chi connectivity index (χ0n) is 8.86. The molecule has 0 rings (SSSR count). The lowest BCUT2D eigenvalue weighted by atomic mass is 10.2. The maximum Gasteiger partial charge on any atom is 0.326 e. The summed E-state index contributed by atoms with van der Waals surface area (Å²) in [7, 11) is 0. The van der Waals surface area contributed by atoms with E-state index in [0.717, 1.165) is 5.75 Å². The minimum atomic E-state index is -0.976. The van der Waals surface area contributed by atoms with Gasteiger partial charge in [-0.05, 0) is 24.9 Å². The molecular formula is C10H17NO3S. The summed E-state index contributed by atoms with van der Waals surface area (Å²) in [6, 6.07) is -0.769. The molecule has 0 spiro atoms. The van der Waals surface area contributed by atoms with Crippen molar-refractivity contribution in [2.75, 3.05) is 12.0 Å². The minimum Gasteiger partial charge on any atom is -0.480 e. The molecule has 0 saturated carbocycles. The Morgan fingerprint density at radius 3 is 2.73 bits per heavy atom. The largest absolute Gasteiger partial charge is 0.480 e. The molecule has 0 bridgehead atoms. The van der Waals surface area contributed by atoms with Crippen LogP contribution in [0.2, 0.25) is 0 Å². The number of carboxylic acids is 1. The SMILES string of the molecule is C=CCCC(=O)N[C@@H](CCSC)C(=O)O. The number of amides is 1. The third kappa shape index (κ3) is 7.02. The van der Waals surface area contributed by atoms with Crippen LogP contribution in [0.1, 0.15) is 19.3 Å². The number of carbonyl (C=O) groups excluding carboxylic acids is 1. The Hall–Kier alpha value is -0.970. The Balaban J connectivity index is 3.98. The molecule has 2 N–H and O–H groups in total. The van der Waals surface area contributed by atoms with E-state index in [1.165, 1.54) is 0 Å². The quantitative estimate of drug-likeness (QED) is 0.617. The Labute approximate surface area is 94.1 Å². The zero-order chi connectivity index (χ0) is 11.7. The molecule has 0 fully saturated rings. The summed E-state index contributed by atoms with van der Waals surface area (Å²) in [5, 5.41) is 11.3. The molecule has 0 aromatic carbocycles. The van der Waals surface area contributed by atoms with Gasteiger partial charge in [0.25, 0.3) is 0 Å². The van der Waals surface area contributed by atoms with Crippen LogP contribution in [0.15, 0.2) is 12.7 Å². The van der Waals surface area contributed by atoms with Gasteiger partial charge < -0.3 is 10.4 Å². The van der Waals surface area contributed by atoms with Crippen molar-refractivity contribution in [1.29, 1.82) is 0 Å². The molecule has 0 unspecified atom stereocenters. The minimum absolute atomic E-state index is 0.233. The molecular weight excluding hydrogens is 214 g/mol. The van der Waals surface area contributed by atoms with Gasteiger partial charge in [0, 0.05) is 6.42 Å². The third-order valence-corrected chi connectivity index (χ3v) is 2.46. The smallest absolute Gasteiger partial charge is 0.326 e. The fourth-order valence-corrected chi connectivity index (χ4v) is 1.46. The van der Waals surface area contributed by atoms with Crippen LogP contribution in [-0.4, -0.2) is 35.0 Å². The summed E-state index contributed by atoms with van der Waals surface area (Å²) in [5.41, 5.74) is 0. The van der Waals surface area contributed by atoms with Crippen molar-refractivity contribution in [1.82, 2.24) is 5.32 Å². The predicted molar refractivity (Wildman–Crippen MR) is 62.0 cm³/mol. The van der Waals surface area contributed by atoms with Gasteiger partial charge in [0.15, 0.2) is 0 Å². The predicted octanol–water partition coefficient (Wildman–Crippen LogP) is 1.28. The Kier molecular flexibility index (Phi) is 7.81. The molecule has 0 radical (unpaired) electrons. The molecule has 86 valence electrons. The van der Waals surface area contributed by atoms with Crippen LogP contribution in [-0.2, 0) is 9.59 Å². The molecule has 0 aliphatic carbocycles. The molecule has 0 aliphatic rings. The number of aliphatic carboxylic acids is 1. The van der Waals surface area contributed by atoms with Crippen LogP contribution in [0.3, 0.4) is 0 Å². The van der Waals surface area contributed by atoms with Gasteiger partial charge in [0.1, 0.15) is 6.04 Å². The monoisotopic (exact) mass is 231 g/mol. The lowest BCUT2D eigenvalue weighted by Crippen LogP contribution is -2.41. The Bertz CT molecular complexity index is 231. The molecule has 1 amide bonds. The first-order chi connectivity index (χ1) is 7.11. The lowest BCUT2D eigenvalue weighted by Gasteiger charge is -2.13. The summed E-state index contributed by atoms with van der Waals surface area (Å²) in [6.07, 6.45) is 4.86. The summed E-state index contributed by atoms with van der Waals surface area (Å²) in [4.78, 5) is 22.0. The summed E-state index contributed by atoms with van der Waals surface area (Å²) in [5.74, 6) is -0.488. The maximum absolute atomic E-state index is 11.3. The number of carboxylic acid groups (broad SMARTS) is 1. The van der Waals surface area contributed by atoms with Gasteiger partial charge in [-0.3, -0.25) is 4.79 Å². The van der Waals surface area contributed by atoms with Gasteiger partial charge >= 0.3 is 5.97 Å². The second-order valence-corrected chi connectivity index (χ2v) is 4.05. The topological polar surface area (TPSA) is 66.4 Å². The summed E-state index contributed by atoms with van der Waals surface area (Å²) < 4.78 is 0. The highest BCUT2D eigenvalue weighted by Gasteiger charge is 2.18. The van der Waals surface area contributed by atoms with Crippen LogP contribution in [0.25, 0.3) is 0 Å². The first-order valence-corrected chi connectivity index (χ1v) is 6.13. The highest BCUT2D eigenvalue weighted by molar-refractivity contribution is 7.98. The van der Waals surface area contributed by atoms with Crippen LogP contribution in [0.4, 0.5) is 0 Å². The number of allylic oxidation sites excluding steroid dienone is 1. The maximum atomic E-state index is 11.3. The van der Waals surface area contributed by atoms with Crippen LogP contribution >= 0.6 is 11.8 Å². The molecule has 0 saturated heterocycles. The van der Waals surface area contributed by atoms with Crippen molar-refractivity contribution in [3.63, 3.8) is 0 Å². The number of hydrogen-bond donors (Lipinski definition) is 2. The number of carbonyl (C=O) groups is 2. The van der Waals surface area contributed by atoms with E-state index in [1.54, 1.807) is 17.8 Å². The van der Waals surface area contributed by atoms with Gasteiger partial charge in [0.2, 0.25) is 5.91 Å². The van der Waals surface area contributed by atoms with Crippen molar-refractivity contribution >= 4 is 23.6 Å². The van der Waals surface area contributed by atoms with Crippen molar-refractivity contribution < 1.29 is 14.7 Å². The van der Waals surface area contributed by atoms with E-state index in [0.29, 0.717) is 19.3 Å². The number of nitrogens with one attached hydrogen (secondary N) is 1. The highest BCUT2D eigenvalue weighted by atomic mass is 32.2. The standard InChI is InChI=1S/C10H17NO3S/c1-3-4-5-9(12)11-8(10(13)14)6-7-15-2/h3,8H,1,4-7H2,2H3,(H,11,12)(H,13,14)/t8-/m0/s1. The zero-order valence-corrected chi connectivity index (χ0v) is 9.68. The van der Waals surface area contributed by atoms with Gasteiger partial charge in [0.05, 0.1) is 0 Å². The van der Waals surface area contributed by atoms with Crippen LogP contribution in [0.5, 0.6) is 0 Å². The molecule has 1 atom stereocenters. The van der Waals surface area contributed by atoms with Gasteiger partial charge in [-0.1, -0.05) is 6.08 Å². The fourth-order valence-electron chi connectivity index (χ4n) is 0.993. The molecule has 15 heavy (non-hydrogen) atoms. The lowest BCUT2D eigenvalue weighted by molar-refractivity contribution is -0.141. The van der Waals surface area contributed by atoms with E-state index >= 15 is 0 Å². The van der Waals surface area contributed by atoms with Crippen LogP contribution in [0, 0.1) is 0 Å². The van der Waals surface area contributed by atoms with Crippen molar-refractivity contribution in [3.05, 3.63) is 12.7 Å². The molecule has 0 heterocycles. The Morgan fingerprint density at radius 1 is 1.60 bits per heavy atom. The molecule has 0 aliphatic heterocycles. The first kappa shape index (κ1) is 14.0. The van der Waals surface area contributed by atoms with E-state index in [9.17, 15) is 9.59 Å². The van der Waals surface area contributed by atoms with E-state index < -0.39 is 12.0 Å². The Morgan fingerprint density at radius 2 is 2.27 bits per heavy atom. The molecule has 5 heteroatoms. The van der Waals surface area contributed by atoms with Crippen molar-refractivity contribution in [2.45, 2.75) is 25.3 Å². The molecule has 0 aromatic heterocycles. The first-order valence-electron chi connectivity index (χ1n) is 4.73. The second-order valence-electron chi connectivity index (χ2n) is 3.07.